The zero-order valence-corrected chi connectivity index (χ0v) is 20.5. The van der Waals surface area contributed by atoms with Crippen molar-refractivity contribution in [2.75, 3.05) is 6.61 Å². The lowest BCUT2D eigenvalue weighted by Crippen LogP contribution is -2.15. The fourth-order valence-electron chi connectivity index (χ4n) is 4.86. The van der Waals surface area contributed by atoms with Crippen molar-refractivity contribution in [1.82, 2.24) is 0 Å². The monoisotopic (exact) mass is 470 g/mol. The Balaban J connectivity index is 1.23. The first-order valence-corrected chi connectivity index (χ1v) is 12.7. The summed E-state index contributed by atoms with van der Waals surface area (Å²) >= 11 is 0. The lowest BCUT2D eigenvalue weighted by molar-refractivity contribution is 0.0474. The summed E-state index contributed by atoms with van der Waals surface area (Å²) in [4.78, 5) is 24.9. The maximum absolute atomic E-state index is 12.5. The minimum atomic E-state index is -0.473. The number of carbonyl (C=O) groups is 2. The molecule has 3 aromatic rings. The summed E-state index contributed by atoms with van der Waals surface area (Å²) in [6, 6.07) is 24.5. The molecule has 35 heavy (non-hydrogen) atoms. The predicted molar refractivity (Wildman–Crippen MR) is 138 cm³/mol. The molecule has 0 bridgehead atoms. The topological polar surface area (TPSA) is 52.6 Å². The number of carbonyl (C=O) groups excluding carboxylic acids is 2. The Labute approximate surface area is 208 Å². The molecule has 0 atom stereocenters. The number of esters is 1. The van der Waals surface area contributed by atoms with Crippen molar-refractivity contribution in [3.05, 3.63) is 101 Å². The lowest BCUT2D eigenvalue weighted by atomic mass is 9.77. The Morgan fingerprint density at radius 3 is 2.11 bits per heavy atom. The molecule has 1 fully saturated rings. The number of Topliss-reactive ketones (excluding diaryl/α,β-unsaturated/α-hetero) is 1. The van der Waals surface area contributed by atoms with E-state index in [0.29, 0.717) is 29.4 Å². The largest absolute Gasteiger partial charge is 0.489 e. The summed E-state index contributed by atoms with van der Waals surface area (Å²) in [6.45, 7) is 2.44. The second-order valence-electron chi connectivity index (χ2n) is 9.43. The van der Waals surface area contributed by atoms with E-state index in [4.69, 9.17) is 9.47 Å². The third-order valence-electron chi connectivity index (χ3n) is 6.92. The number of ketones is 1. The van der Waals surface area contributed by atoms with E-state index < -0.39 is 5.97 Å². The molecule has 0 radical (unpaired) electrons. The summed E-state index contributed by atoms with van der Waals surface area (Å²) in [5.41, 5.74) is 3.33. The number of rotatable bonds is 10. The zero-order chi connectivity index (χ0) is 24.5. The van der Waals surface area contributed by atoms with Crippen LogP contribution in [0.3, 0.4) is 0 Å². The highest BCUT2D eigenvalue weighted by Crippen LogP contribution is 2.37. The van der Waals surface area contributed by atoms with Crippen LogP contribution >= 0.6 is 0 Å². The van der Waals surface area contributed by atoms with Crippen LogP contribution < -0.4 is 4.74 Å². The summed E-state index contributed by atoms with van der Waals surface area (Å²) in [6.07, 6.45) is 7.64. The Morgan fingerprint density at radius 2 is 1.46 bits per heavy atom. The molecule has 1 aliphatic rings. The van der Waals surface area contributed by atoms with Crippen molar-refractivity contribution < 1.29 is 19.1 Å². The number of ether oxygens (including phenoxy) is 2. The third kappa shape index (κ3) is 7.05. The summed E-state index contributed by atoms with van der Waals surface area (Å²) in [5, 5.41) is 0. The van der Waals surface area contributed by atoms with Gasteiger partial charge in [-0.05, 0) is 85.0 Å². The van der Waals surface area contributed by atoms with Gasteiger partial charge < -0.3 is 9.47 Å². The molecule has 4 nitrogen and oxygen atoms in total. The molecule has 0 spiro atoms. The summed E-state index contributed by atoms with van der Waals surface area (Å²) in [7, 11) is 0. The molecule has 0 amide bonds. The minimum absolute atomic E-state index is 0.242. The minimum Gasteiger partial charge on any atom is -0.489 e. The van der Waals surface area contributed by atoms with Crippen LogP contribution in [0.5, 0.6) is 5.75 Å². The summed E-state index contributed by atoms with van der Waals surface area (Å²) < 4.78 is 11.0. The third-order valence-corrected chi connectivity index (χ3v) is 6.92. The summed E-state index contributed by atoms with van der Waals surface area (Å²) in [5.74, 6) is 1.42. The molecule has 4 heteroatoms. The normalized spacial score (nSPS) is 17.5. The van der Waals surface area contributed by atoms with Crippen molar-refractivity contribution in [1.29, 1.82) is 0 Å². The van der Waals surface area contributed by atoms with Crippen molar-refractivity contribution in [2.24, 2.45) is 5.92 Å². The number of hydrogen-bond donors (Lipinski definition) is 0. The van der Waals surface area contributed by atoms with Crippen molar-refractivity contribution >= 4 is 11.8 Å². The van der Waals surface area contributed by atoms with Crippen molar-refractivity contribution in [3.63, 3.8) is 0 Å². The van der Waals surface area contributed by atoms with Gasteiger partial charge in [-0.25, -0.2) is 4.79 Å². The average Bonchev–Trinajstić information content (AvgIpc) is 2.92. The van der Waals surface area contributed by atoms with E-state index in [-0.39, 0.29) is 12.4 Å². The molecule has 1 saturated carbocycles. The Kier molecular flexibility index (Phi) is 8.72. The number of hydrogen-bond acceptors (Lipinski definition) is 4. The Morgan fingerprint density at radius 1 is 0.800 bits per heavy atom. The van der Waals surface area contributed by atoms with Gasteiger partial charge >= 0.3 is 5.97 Å². The van der Waals surface area contributed by atoms with Crippen LogP contribution in [0.2, 0.25) is 0 Å². The lowest BCUT2D eigenvalue weighted by Gasteiger charge is -2.28. The van der Waals surface area contributed by atoms with E-state index in [1.54, 1.807) is 24.3 Å². The molecule has 0 aromatic heterocycles. The Bertz CT molecular complexity index is 1080. The predicted octanol–water partition coefficient (Wildman–Crippen LogP) is 7.38. The molecule has 0 heterocycles. The van der Waals surface area contributed by atoms with E-state index in [1.165, 1.54) is 44.1 Å². The van der Waals surface area contributed by atoms with Crippen LogP contribution in [-0.2, 0) is 11.3 Å². The smallest absolute Gasteiger partial charge is 0.338 e. The van der Waals surface area contributed by atoms with Gasteiger partial charge in [0.1, 0.15) is 12.4 Å². The molecule has 3 aromatic carbocycles. The highest BCUT2D eigenvalue weighted by Gasteiger charge is 2.22. The molecular formula is C31H34O4. The first-order chi connectivity index (χ1) is 17.1. The van der Waals surface area contributed by atoms with E-state index >= 15 is 0 Å². The maximum Gasteiger partial charge on any atom is 0.338 e. The molecule has 0 aliphatic heterocycles. The van der Waals surface area contributed by atoms with Gasteiger partial charge in [-0.2, -0.15) is 0 Å². The average molecular weight is 471 g/mol. The molecule has 0 N–H and O–H groups in total. The van der Waals surface area contributed by atoms with Gasteiger partial charge in [0.05, 0.1) is 5.56 Å². The van der Waals surface area contributed by atoms with Crippen LogP contribution in [0.25, 0.3) is 0 Å². The fourth-order valence-corrected chi connectivity index (χ4v) is 4.86. The maximum atomic E-state index is 12.5. The van der Waals surface area contributed by atoms with Crippen LogP contribution in [0.4, 0.5) is 0 Å². The van der Waals surface area contributed by atoms with Gasteiger partial charge in [0, 0.05) is 5.56 Å². The van der Waals surface area contributed by atoms with Gasteiger partial charge in [0.2, 0.25) is 0 Å². The van der Waals surface area contributed by atoms with E-state index in [2.05, 4.69) is 6.92 Å². The second kappa shape index (κ2) is 12.3. The van der Waals surface area contributed by atoms with Gasteiger partial charge in [-0.3, -0.25) is 4.79 Å². The highest BCUT2D eigenvalue weighted by molar-refractivity contribution is 5.99. The number of benzene rings is 3. The molecule has 1 aliphatic carbocycles. The second-order valence-corrected chi connectivity index (χ2v) is 9.43. The van der Waals surface area contributed by atoms with E-state index in [1.807, 2.05) is 54.6 Å². The van der Waals surface area contributed by atoms with Crippen LogP contribution in [0.1, 0.15) is 83.2 Å². The molecule has 4 rings (SSSR count). The SMILES string of the molecule is CCCC1CCC(c2ccc(C(=O)OCC(=O)c3ccc(OCc4ccccc4)cc3)cc2)CC1. The van der Waals surface area contributed by atoms with Gasteiger partial charge in [-0.1, -0.05) is 62.2 Å². The van der Waals surface area contributed by atoms with Gasteiger partial charge in [0.25, 0.3) is 0 Å². The molecule has 182 valence electrons. The zero-order valence-electron chi connectivity index (χ0n) is 20.5. The molecular weight excluding hydrogens is 436 g/mol. The van der Waals surface area contributed by atoms with Crippen molar-refractivity contribution in [3.8, 4) is 5.75 Å². The quantitative estimate of drug-likeness (QED) is 0.229. The highest BCUT2D eigenvalue weighted by atomic mass is 16.5. The van der Waals surface area contributed by atoms with Crippen LogP contribution in [-0.4, -0.2) is 18.4 Å². The van der Waals surface area contributed by atoms with Gasteiger partial charge in [0.15, 0.2) is 12.4 Å². The molecule has 0 unspecified atom stereocenters. The molecule has 0 saturated heterocycles. The first kappa shape index (κ1) is 24.7. The standard InChI is InChI=1S/C31H34O4/c1-2-6-23-9-11-25(12-10-23)26-13-15-28(16-14-26)31(33)35-22-30(32)27-17-19-29(20-18-27)34-21-24-7-4-3-5-8-24/h3-5,7-8,13-20,23,25H,2,6,9-12,21-22H2,1H3. The van der Waals surface area contributed by atoms with Gasteiger partial charge in [-0.15, -0.1) is 0 Å². The van der Waals surface area contributed by atoms with Crippen LogP contribution in [0.15, 0.2) is 78.9 Å². The van der Waals surface area contributed by atoms with Crippen LogP contribution in [0, 0.1) is 5.92 Å². The van der Waals surface area contributed by atoms with E-state index in [9.17, 15) is 9.59 Å². The van der Waals surface area contributed by atoms with E-state index in [0.717, 1.165) is 11.5 Å². The fraction of sp³-hybridized carbons (Fsp3) is 0.355. The van der Waals surface area contributed by atoms with Crippen molar-refractivity contribution in [2.45, 2.75) is 58.0 Å². The Hall–Kier alpha value is -3.40. The first-order valence-electron chi connectivity index (χ1n) is 12.7.